The molecular formula is C20H10FN3OS2. The van der Waals surface area contributed by atoms with E-state index in [0.717, 1.165) is 38.5 Å². The van der Waals surface area contributed by atoms with Crippen LogP contribution in [-0.4, -0.2) is 15.3 Å². The summed E-state index contributed by atoms with van der Waals surface area (Å²) >= 11 is 2.74. The number of hydrogen-bond acceptors (Lipinski definition) is 5. The summed E-state index contributed by atoms with van der Waals surface area (Å²) in [6.45, 7) is 0. The molecular weight excluding hydrogens is 381 g/mol. The van der Waals surface area contributed by atoms with Gasteiger partial charge in [0.1, 0.15) is 17.6 Å². The molecule has 3 heterocycles. The highest BCUT2D eigenvalue weighted by Gasteiger charge is 2.21. The largest absolute Gasteiger partial charge is 0.508 e. The van der Waals surface area contributed by atoms with Crippen molar-refractivity contribution < 1.29 is 9.50 Å². The molecule has 0 unspecified atom stereocenters. The molecule has 0 fully saturated rings. The molecule has 0 aliphatic carbocycles. The van der Waals surface area contributed by atoms with E-state index in [1.807, 2.05) is 23.6 Å². The van der Waals surface area contributed by atoms with Crippen molar-refractivity contribution >= 4 is 43.7 Å². The number of halogens is 1. The van der Waals surface area contributed by atoms with Gasteiger partial charge in [0.25, 0.3) is 0 Å². The van der Waals surface area contributed by atoms with Crippen LogP contribution in [-0.2, 0) is 0 Å². The lowest BCUT2D eigenvalue weighted by Gasteiger charge is -2.05. The zero-order valence-corrected chi connectivity index (χ0v) is 15.3. The molecule has 0 spiro atoms. The lowest BCUT2D eigenvalue weighted by molar-refractivity contribution is 0.471. The minimum atomic E-state index is -0.472. The van der Waals surface area contributed by atoms with Crippen LogP contribution in [0.2, 0.25) is 0 Å². The van der Waals surface area contributed by atoms with E-state index in [1.165, 1.54) is 22.7 Å². The first-order chi connectivity index (χ1) is 13.2. The Bertz CT molecular complexity index is 1370. The van der Waals surface area contributed by atoms with Gasteiger partial charge < -0.3 is 5.11 Å². The molecule has 0 atom stereocenters. The normalized spacial score (nSPS) is 11.3. The smallest absolute Gasteiger partial charge is 0.144 e. The maximum absolute atomic E-state index is 14.6. The fourth-order valence-corrected chi connectivity index (χ4v) is 5.24. The second-order valence-corrected chi connectivity index (χ2v) is 7.86. The Kier molecular flexibility index (Phi) is 3.50. The van der Waals surface area contributed by atoms with Crippen LogP contribution in [0.15, 0.2) is 47.3 Å². The molecule has 2 N–H and O–H groups in total. The topological polar surface area (TPSA) is 72.7 Å². The molecule has 4 nitrogen and oxygen atoms in total. The molecule has 5 aromatic rings. The molecule has 0 aliphatic rings. The van der Waals surface area contributed by atoms with Gasteiger partial charge in [-0.3, -0.25) is 5.10 Å². The average molecular weight is 391 g/mol. The van der Waals surface area contributed by atoms with Gasteiger partial charge in [-0.1, -0.05) is 6.07 Å². The number of hydrogen-bond donors (Lipinski definition) is 2. The quantitative estimate of drug-likeness (QED) is 0.394. The lowest BCUT2D eigenvalue weighted by Crippen LogP contribution is -1.82. The number of aromatic hydroxyl groups is 1. The van der Waals surface area contributed by atoms with Crippen molar-refractivity contribution in [1.82, 2.24) is 10.2 Å². The van der Waals surface area contributed by atoms with Crippen molar-refractivity contribution in [1.29, 1.82) is 5.26 Å². The van der Waals surface area contributed by atoms with Crippen LogP contribution >= 0.6 is 22.7 Å². The second-order valence-electron chi connectivity index (χ2n) is 6.09. The SMILES string of the molecule is N#Cc1cscc1-c1c(-c2ccc3[nH]ncc3c2)sc2c(F)cc(O)cc12. The van der Waals surface area contributed by atoms with Gasteiger partial charge in [0, 0.05) is 38.2 Å². The lowest BCUT2D eigenvalue weighted by atomic mass is 9.98. The van der Waals surface area contributed by atoms with Crippen LogP contribution in [0.25, 0.3) is 42.6 Å². The predicted molar refractivity (Wildman–Crippen MR) is 107 cm³/mol. The van der Waals surface area contributed by atoms with E-state index >= 15 is 0 Å². The summed E-state index contributed by atoms with van der Waals surface area (Å²) in [7, 11) is 0. The van der Waals surface area contributed by atoms with E-state index in [9.17, 15) is 14.8 Å². The minimum Gasteiger partial charge on any atom is -0.508 e. The standard InChI is InChI=1S/C20H10FN3OS2/c21-16-5-13(25)4-14-18(15-9-26-8-12(15)6-22)19(27-20(14)16)10-1-2-17-11(3-10)7-23-24-17/h1-5,7-9,25H,(H,23,24). The summed E-state index contributed by atoms with van der Waals surface area (Å²) < 4.78 is 15.0. The number of phenols is 1. The number of thiophene rings is 2. The molecule has 0 bridgehead atoms. The van der Waals surface area contributed by atoms with Gasteiger partial charge in [-0.05, 0) is 29.1 Å². The van der Waals surface area contributed by atoms with Crippen molar-refractivity contribution in [3.8, 4) is 33.4 Å². The summed E-state index contributed by atoms with van der Waals surface area (Å²) in [5.74, 6) is -0.606. The molecule has 5 rings (SSSR count). The number of nitrogens with zero attached hydrogens (tertiary/aromatic N) is 2. The molecule has 0 saturated carbocycles. The zero-order chi connectivity index (χ0) is 18.5. The molecule has 3 aromatic heterocycles. The van der Waals surface area contributed by atoms with Crippen LogP contribution in [0.1, 0.15) is 5.56 Å². The third-order valence-electron chi connectivity index (χ3n) is 4.48. The Hall–Kier alpha value is -3.21. The van der Waals surface area contributed by atoms with E-state index in [0.29, 0.717) is 15.6 Å². The molecule has 7 heteroatoms. The van der Waals surface area contributed by atoms with Gasteiger partial charge in [-0.2, -0.15) is 21.7 Å². The molecule has 0 amide bonds. The highest BCUT2D eigenvalue weighted by molar-refractivity contribution is 7.23. The molecule has 0 aliphatic heterocycles. The van der Waals surface area contributed by atoms with Crippen LogP contribution in [0.5, 0.6) is 5.75 Å². The van der Waals surface area contributed by atoms with Gasteiger partial charge in [0.15, 0.2) is 0 Å². The number of benzene rings is 2. The zero-order valence-electron chi connectivity index (χ0n) is 13.7. The van der Waals surface area contributed by atoms with Crippen molar-refractivity contribution in [3.63, 3.8) is 0 Å². The fourth-order valence-electron chi connectivity index (χ4n) is 3.28. The third kappa shape index (κ3) is 2.42. The highest BCUT2D eigenvalue weighted by Crippen LogP contribution is 2.48. The fraction of sp³-hybridized carbons (Fsp3) is 0. The van der Waals surface area contributed by atoms with Crippen LogP contribution in [0.3, 0.4) is 0 Å². The van der Waals surface area contributed by atoms with E-state index in [1.54, 1.807) is 17.6 Å². The maximum Gasteiger partial charge on any atom is 0.144 e. The van der Waals surface area contributed by atoms with Crippen LogP contribution < -0.4 is 0 Å². The number of fused-ring (bicyclic) bond motifs is 2. The molecule has 130 valence electrons. The van der Waals surface area contributed by atoms with Gasteiger partial charge in [-0.15, -0.1) is 11.3 Å². The number of aromatic nitrogens is 2. The van der Waals surface area contributed by atoms with Gasteiger partial charge >= 0.3 is 0 Å². The minimum absolute atomic E-state index is 0.135. The number of nitriles is 1. The first kappa shape index (κ1) is 16.0. The van der Waals surface area contributed by atoms with E-state index in [2.05, 4.69) is 16.3 Å². The van der Waals surface area contributed by atoms with Crippen molar-refractivity contribution in [2.24, 2.45) is 0 Å². The number of H-pyrrole nitrogens is 1. The van der Waals surface area contributed by atoms with Crippen LogP contribution in [0.4, 0.5) is 4.39 Å². The third-order valence-corrected chi connectivity index (χ3v) is 6.49. The Labute approximate surface area is 160 Å². The Morgan fingerprint density at radius 3 is 2.93 bits per heavy atom. The number of phenolic OH excluding ortho intramolecular Hbond substituents is 1. The van der Waals surface area contributed by atoms with Crippen molar-refractivity contribution in [3.05, 3.63) is 58.7 Å². The molecule has 2 aromatic carbocycles. The van der Waals surface area contributed by atoms with Gasteiger partial charge in [-0.25, -0.2) is 4.39 Å². The molecule has 0 radical (unpaired) electrons. The number of rotatable bonds is 2. The summed E-state index contributed by atoms with van der Waals surface area (Å²) in [5.41, 5.74) is 3.88. The van der Waals surface area contributed by atoms with Crippen LogP contribution in [0, 0.1) is 17.1 Å². The first-order valence-corrected chi connectivity index (χ1v) is 9.77. The Morgan fingerprint density at radius 2 is 2.07 bits per heavy atom. The second kappa shape index (κ2) is 5.91. The average Bonchev–Trinajstić information content (AvgIpc) is 3.37. The highest BCUT2D eigenvalue weighted by atomic mass is 32.1. The predicted octanol–water partition coefficient (Wildman–Crippen LogP) is 5.89. The summed E-state index contributed by atoms with van der Waals surface area (Å²) in [5, 5.41) is 31.6. The van der Waals surface area contributed by atoms with E-state index in [-0.39, 0.29) is 5.75 Å². The molecule has 0 saturated heterocycles. The van der Waals surface area contributed by atoms with Crippen molar-refractivity contribution in [2.75, 3.05) is 0 Å². The van der Waals surface area contributed by atoms with Gasteiger partial charge in [0.05, 0.1) is 22.0 Å². The Morgan fingerprint density at radius 1 is 1.19 bits per heavy atom. The Balaban J connectivity index is 1.90. The summed E-state index contributed by atoms with van der Waals surface area (Å²) in [6.07, 6.45) is 1.74. The first-order valence-electron chi connectivity index (χ1n) is 8.01. The van der Waals surface area contributed by atoms with E-state index < -0.39 is 5.82 Å². The van der Waals surface area contributed by atoms with Crippen molar-refractivity contribution in [2.45, 2.75) is 0 Å². The number of aromatic amines is 1. The maximum atomic E-state index is 14.6. The molecule has 27 heavy (non-hydrogen) atoms. The number of nitrogens with one attached hydrogen (secondary N) is 1. The summed E-state index contributed by atoms with van der Waals surface area (Å²) in [6, 6.07) is 10.7. The monoisotopic (exact) mass is 391 g/mol. The van der Waals surface area contributed by atoms with E-state index in [4.69, 9.17) is 0 Å². The summed E-state index contributed by atoms with van der Waals surface area (Å²) in [4.78, 5) is 0.854. The van der Waals surface area contributed by atoms with Gasteiger partial charge in [0.2, 0.25) is 0 Å².